The third-order valence-electron chi connectivity index (χ3n) is 7.19. The highest BCUT2D eigenvalue weighted by molar-refractivity contribution is 14.1. The van der Waals surface area contributed by atoms with E-state index in [-0.39, 0.29) is 29.8 Å². The van der Waals surface area contributed by atoms with Gasteiger partial charge in [0.15, 0.2) is 11.6 Å². The summed E-state index contributed by atoms with van der Waals surface area (Å²) in [5.74, 6) is -7.94. The molecule has 1 N–H and O–H groups in total. The lowest BCUT2D eigenvalue weighted by molar-refractivity contribution is -0.133. The standard InChI is InChI=1S/C29H22F4IN5O3/c30-19-5-3-7-21(25(19)31)39(28(42)22-8-9-24(40)38(22)23-12-16(15-35)10-11-36-23)26(18-4-1-2-6-20(18)34)27(41)37-17-13-29(32,33)14-17/h1-7,10-12,17,22,26H,8-9,13-14H2,(H,37,41)/t22-,26-/m0/s1. The van der Waals surface area contributed by atoms with Crippen molar-refractivity contribution in [3.63, 3.8) is 0 Å². The minimum atomic E-state index is -2.95. The van der Waals surface area contributed by atoms with E-state index in [1.54, 1.807) is 18.2 Å². The van der Waals surface area contributed by atoms with Gasteiger partial charge in [-0.3, -0.25) is 24.2 Å². The molecule has 3 amide bonds. The number of nitriles is 1. The van der Waals surface area contributed by atoms with E-state index in [2.05, 4.69) is 10.3 Å². The molecule has 1 saturated carbocycles. The van der Waals surface area contributed by atoms with E-state index >= 15 is 4.39 Å². The number of rotatable bonds is 7. The number of benzene rings is 2. The van der Waals surface area contributed by atoms with Crippen molar-refractivity contribution < 1.29 is 31.9 Å². The predicted octanol–water partition coefficient (Wildman–Crippen LogP) is 5.02. The van der Waals surface area contributed by atoms with Gasteiger partial charge in [0.1, 0.15) is 17.9 Å². The second-order valence-electron chi connectivity index (χ2n) is 10.0. The summed E-state index contributed by atoms with van der Waals surface area (Å²) in [5.41, 5.74) is -0.164. The van der Waals surface area contributed by atoms with Gasteiger partial charge in [0, 0.05) is 35.1 Å². The average Bonchev–Trinajstić information content (AvgIpc) is 3.34. The van der Waals surface area contributed by atoms with Crippen molar-refractivity contribution in [1.29, 1.82) is 5.26 Å². The van der Waals surface area contributed by atoms with Crippen LogP contribution in [-0.2, 0) is 14.4 Å². The van der Waals surface area contributed by atoms with E-state index in [4.69, 9.17) is 0 Å². The molecule has 2 atom stereocenters. The molecular weight excluding hydrogens is 669 g/mol. The van der Waals surface area contributed by atoms with Crippen LogP contribution in [0.1, 0.15) is 42.9 Å². The molecule has 8 nitrogen and oxygen atoms in total. The highest BCUT2D eigenvalue weighted by Gasteiger charge is 2.49. The smallest absolute Gasteiger partial charge is 0.252 e. The minimum absolute atomic E-state index is 0.00144. The van der Waals surface area contributed by atoms with E-state index in [9.17, 15) is 32.8 Å². The summed E-state index contributed by atoms with van der Waals surface area (Å²) in [6.45, 7) is 0. The predicted molar refractivity (Wildman–Crippen MR) is 151 cm³/mol. The first-order valence-corrected chi connectivity index (χ1v) is 14.0. The largest absolute Gasteiger partial charge is 0.351 e. The monoisotopic (exact) mass is 691 g/mol. The summed E-state index contributed by atoms with van der Waals surface area (Å²) in [4.78, 5) is 47.3. The van der Waals surface area contributed by atoms with Gasteiger partial charge < -0.3 is 5.32 Å². The van der Waals surface area contributed by atoms with Gasteiger partial charge in [-0.2, -0.15) is 5.26 Å². The van der Waals surface area contributed by atoms with E-state index < -0.39 is 71.9 Å². The number of pyridine rings is 1. The van der Waals surface area contributed by atoms with Crippen LogP contribution >= 0.6 is 22.6 Å². The number of nitrogens with one attached hydrogen (secondary N) is 1. The zero-order valence-corrected chi connectivity index (χ0v) is 23.9. The van der Waals surface area contributed by atoms with Crippen LogP contribution in [0.4, 0.5) is 29.1 Å². The first kappa shape index (κ1) is 29.4. The Hall–Kier alpha value is -4.06. The molecule has 216 valence electrons. The summed E-state index contributed by atoms with van der Waals surface area (Å²) in [6.07, 6.45) is -0.0529. The van der Waals surface area contributed by atoms with Crippen molar-refractivity contribution in [3.8, 4) is 6.07 Å². The number of nitrogens with zero attached hydrogens (tertiary/aromatic N) is 4. The summed E-state index contributed by atoms with van der Waals surface area (Å²) in [6, 6.07) is 10.4. The first-order chi connectivity index (χ1) is 20.0. The lowest BCUT2D eigenvalue weighted by Gasteiger charge is -2.39. The molecule has 1 aliphatic carbocycles. The lowest BCUT2D eigenvalue weighted by atomic mass is 9.87. The SMILES string of the molecule is N#Cc1ccnc(N2C(=O)CC[C@H]2C(=O)N(c2cccc(F)c2F)[C@H](C(=O)NC2CC(F)(F)C2)c2ccccc2I)c1. The fourth-order valence-electron chi connectivity index (χ4n) is 5.19. The molecule has 2 fully saturated rings. The fraction of sp³-hybridized carbons (Fsp3) is 0.276. The third kappa shape index (κ3) is 5.67. The second-order valence-corrected chi connectivity index (χ2v) is 11.2. The Morgan fingerprint density at radius 3 is 2.57 bits per heavy atom. The molecule has 2 aliphatic rings. The molecule has 42 heavy (non-hydrogen) atoms. The van der Waals surface area contributed by atoms with Crippen molar-refractivity contribution in [3.05, 3.63) is 87.1 Å². The Labute approximate surface area is 251 Å². The van der Waals surface area contributed by atoms with Crippen molar-refractivity contribution >= 4 is 51.8 Å². The van der Waals surface area contributed by atoms with Crippen LogP contribution in [-0.4, -0.2) is 40.7 Å². The zero-order valence-electron chi connectivity index (χ0n) is 21.7. The van der Waals surface area contributed by atoms with E-state index in [1.165, 1.54) is 30.5 Å². The lowest BCUT2D eigenvalue weighted by Crippen LogP contribution is -2.56. The van der Waals surface area contributed by atoms with Crippen LogP contribution in [0.3, 0.4) is 0 Å². The van der Waals surface area contributed by atoms with Gasteiger partial charge in [-0.25, -0.2) is 22.5 Å². The molecule has 13 heteroatoms. The Balaban J connectivity index is 1.64. The summed E-state index contributed by atoms with van der Waals surface area (Å²) >= 11 is 1.92. The van der Waals surface area contributed by atoms with Gasteiger partial charge in [-0.1, -0.05) is 24.3 Å². The number of hydrogen-bond donors (Lipinski definition) is 1. The number of carbonyl (C=O) groups excluding carboxylic acids is 3. The molecule has 3 aromatic rings. The molecule has 1 aromatic heterocycles. The highest BCUT2D eigenvalue weighted by Crippen LogP contribution is 2.40. The Morgan fingerprint density at radius 1 is 1.14 bits per heavy atom. The van der Waals surface area contributed by atoms with Crippen LogP contribution in [0.2, 0.25) is 0 Å². The van der Waals surface area contributed by atoms with Gasteiger partial charge in [-0.15, -0.1) is 0 Å². The molecule has 2 aromatic carbocycles. The van der Waals surface area contributed by atoms with Gasteiger partial charge in [-0.05, 0) is 64.9 Å². The second kappa shape index (κ2) is 11.7. The number of alkyl halides is 2. The van der Waals surface area contributed by atoms with Gasteiger partial charge in [0.2, 0.25) is 11.8 Å². The molecule has 0 unspecified atom stereocenters. The fourth-order valence-corrected chi connectivity index (χ4v) is 5.87. The van der Waals surface area contributed by atoms with Crippen molar-refractivity contribution in [1.82, 2.24) is 10.3 Å². The van der Waals surface area contributed by atoms with E-state index in [1.807, 2.05) is 28.7 Å². The molecule has 1 saturated heterocycles. The quantitative estimate of drug-likeness (QED) is 0.277. The zero-order chi connectivity index (χ0) is 30.2. The van der Waals surface area contributed by atoms with Crippen molar-refractivity contribution in [2.75, 3.05) is 9.80 Å². The van der Waals surface area contributed by atoms with Crippen LogP contribution in [0.15, 0.2) is 60.8 Å². The molecule has 0 radical (unpaired) electrons. The van der Waals surface area contributed by atoms with Gasteiger partial charge in [0.25, 0.3) is 11.8 Å². The molecule has 5 rings (SSSR count). The van der Waals surface area contributed by atoms with Crippen LogP contribution < -0.4 is 15.1 Å². The van der Waals surface area contributed by atoms with E-state index in [0.717, 1.165) is 21.9 Å². The number of aromatic nitrogens is 1. The Kier molecular flexibility index (Phi) is 8.18. The summed E-state index contributed by atoms with van der Waals surface area (Å²) in [7, 11) is 0. The van der Waals surface area contributed by atoms with Crippen LogP contribution in [0.25, 0.3) is 0 Å². The number of anilines is 2. The van der Waals surface area contributed by atoms with Crippen molar-refractivity contribution in [2.45, 2.75) is 49.7 Å². The van der Waals surface area contributed by atoms with Crippen LogP contribution in [0.5, 0.6) is 0 Å². The summed E-state index contributed by atoms with van der Waals surface area (Å²) in [5, 5.41) is 11.9. The maximum Gasteiger partial charge on any atom is 0.252 e. The third-order valence-corrected chi connectivity index (χ3v) is 8.17. The number of carbonyl (C=O) groups is 3. The number of amides is 3. The number of hydrogen-bond acceptors (Lipinski definition) is 5. The highest BCUT2D eigenvalue weighted by atomic mass is 127. The topological polar surface area (TPSA) is 106 Å². The molecule has 0 spiro atoms. The minimum Gasteiger partial charge on any atom is -0.351 e. The van der Waals surface area contributed by atoms with E-state index in [0.29, 0.717) is 3.57 Å². The van der Waals surface area contributed by atoms with Crippen LogP contribution in [0, 0.1) is 26.5 Å². The summed E-state index contributed by atoms with van der Waals surface area (Å²) < 4.78 is 57.7. The van der Waals surface area contributed by atoms with Gasteiger partial charge >= 0.3 is 0 Å². The Bertz CT molecular complexity index is 1610. The van der Waals surface area contributed by atoms with Crippen molar-refractivity contribution in [2.24, 2.45) is 0 Å². The molecule has 0 bridgehead atoms. The van der Waals surface area contributed by atoms with Gasteiger partial charge in [0.05, 0.1) is 17.3 Å². The number of halogens is 5. The Morgan fingerprint density at radius 2 is 1.88 bits per heavy atom. The molecule has 1 aliphatic heterocycles. The molecular formula is C29H22F4IN5O3. The maximum absolute atomic E-state index is 15.4. The maximum atomic E-state index is 15.4. The first-order valence-electron chi connectivity index (χ1n) is 12.9. The average molecular weight is 691 g/mol. The normalized spacial score (nSPS) is 18.6. The molecule has 2 heterocycles.